The Morgan fingerprint density at radius 1 is 0.955 bits per heavy atom. The van der Waals surface area contributed by atoms with Crippen LogP contribution in [0.2, 0.25) is 0 Å². The third kappa shape index (κ3) is 7.80. The summed E-state index contributed by atoms with van der Waals surface area (Å²) < 4.78 is 32.5. The Labute approximate surface area is 285 Å². The summed E-state index contributed by atoms with van der Waals surface area (Å²) in [6.07, 6.45) is 0. The molecule has 44 heavy (non-hydrogen) atoms. The molecule has 3 aromatic carbocycles. The van der Waals surface area contributed by atoms with E-state index in [9.17, 15) is 9.59 Å². The van der Waals surface area contributed by atoms with Gasteiger partial charge in [-0.05, 0) is 102 Å². The summed E-state index contributed by atoms with van der Waals surface area (Å²) in [5, 5.41) is 11.4. The number of halogens is 3. The first-order chi connectivity index (χ1) is 21.1. The Kier molecular flexibility index (Phi) is 11.0. The van der Waals surface area contributed by atoms with Crippen molar-refractivity contribution in [1.82, 2.24) is 14.5 Å². The van der Waals surface area contributed by atoms with Gasteiger partial charge in [0.25, 0.3) is 13.4 Å². The minimum Gasteiger partial charge on any atom is -0.460 e. The summed E-state index contributed by atoms with van der Waals surface area (Å²) in [4.78, 5) is 26.2. The van der Waals surface area contributed by atoms with E-state index in [1.807, 2.05) is 28.9 Å². The normalized spacial score (nSPS) is 14.9. The van der Waals surface area contributed by atoms with Crippen LogP contribution in [0, 0.1) is 10.5 Å². The second kappa shape index (κ2) is 14.7. The molecule has 1 aliphatic heterocycles. The van der Waals surface area contributed by atoms with Crippen molar-refractivity contribution in [2.24, 2.45) is 0 Å². The number of ether oxygens (including phenoxy) is 2. The van der Waals surface area contributed by atoms with Crippen molar-refractivity contribution in [3.8, 4) is 0 Å². The number of aryl methyl sites for hydroxylation is 1. The third-order valence-corrected chi connectivity index (χ3v) is 11.5. The predicted molar refractivity (Wildman–Crippen MR) is 186 cm³/mol. The molecule has 1 fully saturated rings. The second-order valence-corrected chi connectivity index (χ2v) is 15.3. The van der Waals surface area contributed by atoms with Crippen LogP contribution < -0.4 is 15.7 Å². The van der Waals surface area contributed by atoms with Gasteiger partial charge < -0.3 is 19.9 Å². The van der Waals surface area contributed by atoms with Crippen LogP contribution in [0.15, 0.2) is 81.7 Å². The first-order valence-corrected chi connectivity index (χ1v) is 18.0. The van der Waals surface area contributed by atoms with Crippen LogP contribution in [0.4, 0.5) is 11.5 Å². The number of anilines is 2. The average molecular weight is 857 g/mol. The van der Waals surface area contributed by atoms with Gasteiger partial charge in [0.05, 0.1) is 31.0 Å². The number of carbonyl (C=O) groups is 2. The van der Waals surface area contributed by atoms with Crippen LogP contribution in [0.5, 0.6) is 0 Å². The molecule has 2 heterocycles. The van der Waals surface area contributed by atoms with Gasteiger partial charge in [0.15, 0.2) is 0 Å². The molecule has 0 unspecified atom stereocenters. The molecule has 0 saturated carbocycles. The van der Waals surface area contributed by atoms with E-state index in [1.165, 1.54) is 0 Å². The molecule has 230 valence electrons. The van der Waals surface area contributed by atoms with Crippen LogP contribution in [0.3, 0.4) is 0 Å². The lowest BCUT2D eigenvalue weighted by molar-refractivity contribution is 0.0488. The number of hydrogen-bond acceptors (Lipinski definition) is 6. The van der Waals surface area contributed by atoms with Crippen LogP contribution in [0.1, 0.15) is 26.4 Å². The van der Waals surface area contributed by atoms with Crippen molar-refractivity contribution < 1.29 is 23.6 Å². The van der Waals surface area contributed by atoms with Gasteiger partial charge in [-0.25, -0.2) is 14.1 Å². The molecule has 4 aromatic rings. The van der Waals surface area contributed by atoms with E-state index in [0.717, 1.165) is 12.5 Å². The predicted octanol–water partition coefficient (Wildman–Crippen LogP) is 6.69. The number of nitrogens with one attached hydrogen (secondary N) is 2. The second-order valence-electron chi connectivity index (χ2n) is 9.87. The molecule has 1 aromatic heterocycles. The standard InChI is InChI=1S/C30H29Br2IN5O5P/c1-20-27(44(41,37-14-17-42-18-15-37)36-26-12-10-25(33)11-13-26)28(34-29(39)21-2-6-23(31)7-3-21)38(35-20)16-19-43-30(40)22-4-8-24(32)9-5-22/h2-13H,14-19H2,1H3,(H,34,39)(H,36,41)/t44-/m0/s1. The Bertz CT molecular complexity index is 1680. The molecule has 14 heteroatoms. The van der Waals surface area contributed by atoms with Gasteiger partial charge in [-0.3, -0.25) is 9.36 Å². The summed E-state index contributed by atoms with van der Waals surface area (Å²) in [5.74, 6) is -0.612. The summed E-state index contributed by atoms with van der Waals surface area (Å²) in [5.41, 5.74) is 1.97. The van der Waals surface area contributed by atoms with Crippen molar-refractivity contribution in [2.75, 3.05) is 43.3 Å². The van der Waals surface area contributed by atoms with E-state index in [4.69, 9.17) is 14.6 Å². The van der Waals surface area contributed by atoms with E-state index in [0.29, 0.717) is 54.1 Å². The molecular weight excluding hydrogens is 828 g/mol. The Morgan fingerprint density at radius 2 is 1.55 bits per heavy atom. The quantitative estimate of drug-likeness (QED) is 0.103. The summed E-state index contributed by atoms with van der Waals surface area (Å²) in [6.45, 7) is 3.52. The molecular formula is C30H29Br2IN5O5P. The van der Waals surface area contributed by atoms with Crippen LogP contribution >= 0.6 is 61.9 Å². The van der Waals surface area contributed by atoms with E-state index < -0.39 is 19.3 Å². The number of hydrogen-bond donors (Lipinski definition) is 2. The molecule has 0 aliphatic carbocycles. The fourth-order valence-electron chi connectivity index (χ4n) is 4.70. The van der Waals surface area contributed by atoms with E-state index in [2.05, 4.69) is 64.9 Å². The topological polar surface area (TPSA) is 115 Å². The maximum absolute atomic E-state index is 15.3. The van der Waals surface area contributed by atoms with Crippen LogP contribution in [0.25, 0.3) is 0 Å². The summed E-state index contributed by atoms with van der Waals surface area (Å²) >= 11 is 8.99. The largest absolute Gasteiger partial charge is 0.460 e. The lowest BCUT2D eigenvalue weighted by atomic mass is 10.2. The molecule has 1 aliphatic rings. The van der Waals surface area contributed by atoms with Gasteiger partial charge in [0.2, 0.25) is 0 Å². The van der Waals surface area contributed by atoms with E-state index in [1.54, 1.807) is 60.1 Å². The number of carbonyl (C=O) groups excluding carboxylic acids is 2. The Morgan fingerprint density at radius 3 is 2.16 bits per heavy atom. The average Bonchev–Trinajstić information content (AvgIpc) is 3.33. The summed E-state index contributed by atoms with van der Waals surface area (Å²) in [7, 11) is -3.61. The molecule has 0 spiro atoms. The third-order valence-electron chi connectivity index (χ3n) is 6.86. The number of aromatic nitrogens is 2. The van der Waals surface area contributed by atoms with Crippen molar-refractivity contribution >= 4 is 90.6 Å². The highest BCUT2D eigenvalue weighted by Gasteiger charge is 2.40. The zero-order chi connectivity index (χ0) is 31.3. The monoisotopic (exact) mass is 855 g/mol. The van der Waals surface area contributed by atoms with Crippen LogP contribution in [-0.4, -0.2) is 59.2 Å². The molecule has 2 N–H and O–H groups in total. The highest BCUT2D eigenvalue weighted by Crippen LogP contribution is 2.51. The number of esters is 1. The molecule has 10 nitrogen and oxygen atoms in total. The Hall–Kier alpha value is -2.55. The fraction of sp³-hybridized carbons (Fsp3) is 0.233. The minimum absolute atomic E-state index is 0.0248. The SMILES string of the molecule is Cc1nn(CCOC(=O)c2ccc(Br)cc2)c(NC(=O)c2ccc(Br)cc2)c1[P@](=O)(Nc1ccc(I)cc1)N1CCOCC1. The minimum atomic E-state index is -3.61. The van der Waals surface area contributed by atoms with Crippen molar-refractivity contribution in [2.45, 2.75) is 13.5 Å². The van der Waals surface area contributed by atoms with E-state index >= 15 is 4.57 Å². The molecule has 0 bridgehead atoms. The van der Waals surface area contributed by atoms with Crippen molar-refractivity contribution in [3.05, 3.63) is 102 Å². The molecule has 1 amide bonds. The van der Waals surface area contributed by atoms with Crippen molar-refractivity contribution in [3.63, 3.8) is 0 Å². The van der Waals surface area contributed by atoms with Crippen molar-refractivity contribution in [1.29, 1.82) is 0 Å². The van der Waals surface area contributed by atoms with E-state index in [-0.39, 0.29) is 19.0 Å². The zero-order valence-corrected chi connectivity index (χ0v) is 29.9. The maximum Gasteiger partial charge on any atom is 0.338 e. The van der Waals surface area contributed by atoms with Gasteiger partial charge in [0.1, 0.15) is 17.7 Å². The molecule has 0 radical (unpaired) electrons. The zero-order valence-electron chi connectivity index (χ0n) is 23.6. The van der Waals surface area contributed by atoms with Gasteiger partial charge in [0, 0.05) is 36.9 Å². The lowest BCUT2D eigenvalue weighted by Gasteiger charge is -2.35. The number of morpholine rings is 1. The highest BCUT2D eigenvalue weighted by atomic mass is 127. The van der Waals surface area contributed by atoms with Gasteiger partial charge in [-0.2, -0.15) is 5.10 Å². The Balaban J connectivity index is 1.51. The highest BCUT2D eigenvalue weighted by molar-refractivity contribution is 14.1. The first-order valence-electron chi connectivity index (χ1n) is 13.7. The summed E-state index contributed by atoms with van der Waals surface area (Å²) in [6, 6.07) is 21.4. The first kappa shape index (κ1) is 32.8. The maximum atomic E-state index is 15.3. The molecule has 1 atom stereocenters. The number of rotatable bonds is 10. The number of nitrogens with zero attached hydrogens (tertiary/aromatic N) is 3. The van der Waals surface area contributed by atoms with Gasteiger partial charge in [-0.1, -0.05) is 31.9 Å². The molecule has 5 rings (SSSR count). The fourth-order valence-corrected chi connectivity index (χ4v) is 8.29. The smallest absolute Gasteiger partial charge is 0.338 e. The lowest BCUT2D eigenvalue weighted by Crippen LogP contribution is -2.40. The van der Waals surface area contributed by atoms with Gasteiger partial charge >= 0.3 is 5.97 Å². The number of benzene rings is 3. The van der Waals surface area contributed by atoms with Gasteiger partial charge in [-0.15, -0.1) is 0 Å². The number of amides is 1. The van der Waals surface area contributed by atoms with Crippen LogP contribution in [-0.2, 0) is 20.6 Å². The molecule has 1 saturated heterocycles.